The van der Waals surface area contributed by atoms with Gasteiger partial charge in [-0.3, -0.25) is 9.59 Å². The molecule has 7 heteroatoms. The fourth-order valence-corrected chi connectivity index (χ4v) is 3.36. The Kier molecular flexibility index (Phi) is 5.41. The van der Waals surface area contributed by atoms with E-state index < -0.39 is 11.4 Å². The Bertz CT molecular complexity index is 571. The maximum absolute atomic E-state index is 12.1. The zero-order chi connectivity index (χ0) is 17.1. The van der Waals surface area contributed by atoms with Crippen LogP contribution in [-0.2, 0) is 26.2 Å². The first-order valence-corrected chi connectivity index (χ1v) is 8.64. The number of carboxylic acids is 1. The van der Waals surface area contributed by atoms with Gasteiger partial charge in [0.05, 0.1) is 22.5 Å². The van der Waals surface area contributed by atoms with Crippen molar-refractivity contribution in [3.63, 3.8) is 0 Å². The number of aromatic nitrogens is 1. The van der Waals surface area contributed by atoms with Crippen molar-refractivity contribution in [2.24, 2.45) is 5.41 Å². The number of carboxylic acid groups (broad SMARTS) is 1. The van der Waals surface area contributed by atoms with Crippen LogP contribution in [0.4, 0.5) is 0 Å². The number of aliphatic carboxylic acids is 1. The van der Waals surface area contributed by atoms with E-state index in [1.54, 1.807) is 11.3 Å². The molecule has 0 saturated carbocycles. The van der Waals surface area contributed by atoms with E-state index in [4.69, 9.17) is 4.74 Å². The first kappa shape index (κ1) is 17.9. The molecule has 1 aromatic rings. The first-order chi connectivity index (χ1) is 10.7. The standard InChI is InChI=1S/C16H24N2O4S/c1-15(2,3)13-18-11(9-23-13)8-12(19)17-10-16(14(20)21)4-6-22-7-5-16/h9H,4-8,10H2,1-3H3,(H,17,19)(H,20,21). The summed E-state index contributed by atoms with van der Waals surface area (Å²) in [6.07, 6.45) is 1.03. The lowest BCUT2D eigenvalue weighted by molar-refractivity contribution is -0.154. The molecule has 0 atom stereocenters. The molecule has 1 aliphatic rings. The van der Waals surface area contributed by atoms with E-state index in [2.05, 4.69) is 31.1 Å². The molecule has 1 aliphatic heterocycles. The minimum Gasteiger partial charge on any atom is -0.481 e. The van der Waals surface area contributed by atoms with E-state index in [0.29, 0.717) is 26.1 Å². The second-order valence-corrected chi connectivity index (χ2v) is 7.90. The topological polar surface area (TPSA) is 88.5 Å². The van der Waals surface area contributed by atoms with Crippen molar-refractivity contribution in [1.29, 1.82) is 0 Å². The SMILES string of the molecule is CC(C)(C)c1nc(CC(=O)NCC2(C(=O)O)CCOCC2)cs1. The monoisotopic (exact) mass is 340 g/mol. The number of rotatable bonds is 5. The molecule has 0 unspecified atom stereocenters. The largest absolute Gasteiger partial charge is 0.481 e. The van der Waals surface area contributed by atoms with Crippen LogP contribution in [0.3, 0.4) is 0 Å². The number of nitrogens with zero attached hydrogens (tertiary/aromatic N) is 1. The van der Waals surface area contributed by atoms with Gasteiger partial charge in [-0.15, -0.1) is 11.3 Å². The highest BCUT2D eigenvalue weighted by Crippen LogP contribution is 2.30. The first-order valence-electron chi connectivity index (χ1n) is 7.76. The number of nitrogens with one attached hydrogen (secondary N) is 1. The number of thiazole rings is 1. The van der Waals surface area contributed by atoms with Crippen LogP contribution in [0, 0.1) is 5.41 Å². The van der Waals surface area contributed by atoms with E-state index in [9.17, 15) is 14.7 Å². The number of amides is 1. The van der Waals surface area contributed by atoms with Crippen LogP contribution in [0.5, 0.6) is 0 Å². The Morgan fingerprint density at radius 1 is 1.39 bits per heavy atom. The summed E-state index contributed by atoms with van der Waals surface area (Å²) in [5.41, 5.74) is -0.213. The molecule has 1 amide bonds. The molecule has 1 fully saturated rings. The molecule has 2 rings (SSSR count). The molecule has 128 valence electrons. The average molecular weight is 340 g/mol. The summed E-state index contributed by atoms with van der Waals surface area (Å²) < 4.78 is 5.23. The smallest absolute Gasteiger partial charge is 0.311 e. The quantitative estimate of drug-likeness (QED) is 0.856. The van der Waals surface area contributed by atoms with Gasteiger partial charge >= 0.3 is 5.97 Å². The zero-order valence-corrected chi connectivity index (χ0v) is 14.7. The number of ether oxygens (including phenoxy) is 1. The molecule has 0 aliphatic carbocycles. The van der Waals surface area contributed by atoms with Gasteiger partial charge in [0.15, 0.2) is 0 Å². The van der Waals surface area contributed by atoms with Gasteiger partial charge < -0.3 is 15.2 Å². The van der Waals surface area contributed by atoms with Crippen LogP contribution in [0.25, 0.3) is 0 Å². The highest BCUT2D eigenvalue weighted by molar-refractivity contribution is 7.09. The fourth-order valence-electron chi connectivity index (χ4n) is 2.46. The summed E-state index contributed by atoms with van der Waals surface area (Å²) in [6.45, 7) is 7.22. The van der Waals surface area contributed by atoms with Crippen molar-refractivity contribution in [2.75, 3.05) is 19.8 Å². The van der Waals surface area contributed by atoms with Crippen LogP contribution in [0.2, 0.25) is 0 Å². The van der Waals surface area contributed by atoms with Gasteiger partial charge in [0.2, 0.25) is 5.91 Å². The average Bonchev–Trinajstić information content (AvgIpc) is 2.94. The van der Waals surface area contributed by atoms with E-state index in [1.165, 1.54) is 0 Å². The van der Waals surface area contributed by atoms with Crippen LogP contribution >= 0.6 is 11.3 Å². The minimum atomic E-state index is -0.910. The number of hydrogen-bond donors (Lipinski definition) is 2. The second kappa shape index (κ2) is 6.97. The summed E-state index contributed by atoms with van der Waals surface area (Å²) in [6, 6.07) is 0. The lowest BCUT2D eigenvalue weighted by Crippen LogP contribution is -2.46. The lowest BCUT2D eigenvalue weighted by Gasteiger charge is -2.33. The molecule has 0 spiro atoms. The van der Waals surface area contributed by atoms with E-state index in [1.807, 2.05) is 5.38 Å². The zero-order valence-electron chi connectivity index (χ0n) is 13.8. The highest BCUT2D eigenvalue weighted by atomic mass is 32.1. The fraction of sp³-hybridized carbons (Fsp3) is 0.688. The van der Waals surface area contributed by atoms with Gasteiger partial charge in [-0.2, -0.15) is 0 Å². The van der Waals surface area contributed by atoms with Crippen LogP contribution in [0.1, 0.15) is 44.3 Å². The molecule has 0 aromatic carbocycles. The van der Waals surface area contributed by atoms with Crippen molar-refractivity contribution in [3.8, 4) is 0 Å². The third-order valence-corrected chi connectivity index (χ3v) is 5.38. The van der Waals surface area contributed by atoms with Crippen LogP contribution in [-0.4, -0.2) is 41.7 Å². The van der Waals surface area contributed by atoms with Gasteiger partial charge in [0.1, 0.15) is 0 Å². The van der Waals surface area contributed by atoms with E-state index in [-0.39, 0.29) is 24.3 Å². The maximum atomic E-state index is 12.1. The lowest BCUT2D eigenvalue weighted by atomic mass is 9.80. The summed E-state index contributed by atoms with van der Waals surface area (Å²) in [5, 5.41) is 15.1. The normalized spacial score (nSPS) is 17.7. The summed E-state index contributed by atoms with van der Waals surface area (Å²) in [7, 11) is 0. The Hall–Kier alpha value is -1.47. The van der Waals surface area contributed by atoms with Crippen molar-refractivity contribution in [2.45, 2.75) is 45.4 Å². The number of carbonyl (C=O) groups is 2. The van der Waals surface area contributed by atoms with E-state index >= 15 is 0 Å². The third-order valence-electron chi connectivity index (χ3n) is 4.06. The van der Waals surface area contributed by atoms with Gasteiger partial charge in [-0.1, -0.05) is 20.8 Å². The van der Waals surface area contributed by atoms with Gasteiger partial charge in [-0.25, -0.2) is 4.98 Å². The third kappa shape index (κ3) is 4.51. The van der Waals surface area contributed by atoms with Crippen LogP contribution in [0.15, 0.2) is 5.38 Å². The Morgan fingerprint density at radius 3 is 2.57 bits per heavy atom. The molecule has 1 aromatic heterocycles. The molecule has 6 nitrogen and oxygen atoms in total. The van der Waals surface area contributed by atoms with Gasteiger partial charge in [0.25, 0.3) is 0 Å². The Morgan fingerprint density at radius 2 is 2.04 bits per heavy atom. The molecule has 2 N–H and O–H groups in total. The van der Waals surface area contributed by atoms with Crippen molar-refractivity contribution < 1.29 is 19.4 Å². The second-order valence-electron chi connectivity index (χ2n) is 7.05. The molecule has 0 radical (unpaired) electrons. The van der Waals surface area contributed by atoms with Crippen LogP contribution < -0.4 is 5.32 Å². The van der Waals surface area contributed by atoms with E-state index in [0.717, 1.165) is 10.7 Å². The van der Waals surface area contributed by atoms with Gasteiger partial charge in [-0.05, 0) is 12.8 Å². The van der Waals surface area contributed by atoms with Gasteiger partial charge in [0, 0.05) is 30.6 Å². The maximum Gasteiger partial charge on any atom is 0.311 e. The minimum absolute atomic E-state index is 0.0329. The predicted octanol–water partition coefficient (Wildman–Crippen LogP) is 1.98. The Balaban J connectivity index is 1.91. The molecule has 0 bridgehead atoms. The van der Waals surface area contributed by atoms with Crippen molar-refractivity contribution in [3.05, 3.63) is 16.1 Å². The summed E-state index contributed by atoms with van der Waals surface area (Å²) in [4.78, 5) is 28.1. The summed E-state index contributed by atoms with van der Waals surface area (Å²) >= 11 is 1.55. The summed E-state index contributed by atoms with van der Waals surface area (Å²) in [5.74, 6) is -1.06. The van der Waals surface area contributed by atoms with Crippen molar-refractivity contribution in [1.82, 2.24) is 10.3 Å². The van der Waals surface area contributed by atoms with Crippen molar-refractivity contribution >= 4 is 23.2 Å². The predicted molar refractivity (Wildman–Crippen MR) is 87.6 cm³/mol. The molecular weight excluding hydrogens is 316 g/mol. The number of carbonyl (C=O) groups excluding carboxylic acids is 1. The molecular formula is C16H24N2O4S. The molecule has 2 heterocycles. The molecule has 1 saturated heterocycles. The highest BCUT2D eigenvalue weighted by Gasteiger charge is 2.40. The number of hydrogen-bond acceptors (Lipinski definition) is 5. The Labute approximate surface area is 140 Å². The molecule has 23 heavy (non-hydrogen) atoms.